The monoisotopic (exact) mass is 516 g/mol. The number of aliphatic hydroxyl groups is 1. The van der Waals surface area contributed by atoms with Crippen molar-refractivity contribution in [3.05, 3.63) is 63.9 Å². The lowest BCUT2D eigenvalue weighted by Crippen LogP contribution is -2.40. The lowest BCUT2D eigenvalue weighted by Gasteiger charge is -2.33. The molecule has 0 aromatic heterocycles. The fourth-order valence-corrected chi connectivity index (χ4v) is 5.45. The maximum absolute atomic E-state index is 14.4. The Kier molecular flexibility index (Phi) is 12.0. The van der Waals surface area contributed by atoms with Crippen LogP contribution in [0.1, 0.15) is 30.7 Å². The normalized spacial score (nSPS) is 23.2. The van der Waals surface area contributed by atoms with Gasteiger partial charge in [0, 0.05) is 48.2 Å². The molecule has 4 rings (SSSR count). The van der Waals surface area contributed by atoms with E-state index in [0.717, 1.165) is 39.0 Å². The van der Waals surface area contributed by atoms with Gasteiger partial charge in [-0.25, -0.2) is 4.39 Å². The van der Waals surface area contributed by atoms with E-state index >= 15 is 0 Å². The molecule has 2 fully saturated rings. The van der Waals surface area contributed by atoms with Crippen LogP contribution in [-0.2, 0) is 9.53 Å². The van der Waals surface area contributed by atoms with Crippen molar-refractivity contribution in [2.24, 2.45) is 5.92 Å². The summed E-state index contributed by atoms with van der Waals surface area (Å²) >= 11 is 11.5. The van der Waals surface area contributed by atoms with Gasteiger partial charge in [0.05, 0.1) is 11.6 Å². The number of anilines is 1. The van der Waals surface area contributed by atoms with Crippen LogP contribution in [0.2, 0.25) is 10.0 Å². The average molecular weight is 517 g/mol. The number of benzene rings is 2. The van der Waals surface area contributed by atoms with Gasteiger partial charge in [0.2, 0.25) is 0 Å². The molecule has 182 valence electrons. The number of carbonyl (C=O) groups excluding carboxylic acids is 1. The number of hydrogen-bond acceptors (Lipinski definition) is 5. The van der Waals surface area contributed by atoms with Crippen molar-refractivity contribution in [2.45, 2.75) is 37.0 Å². The number of nitrogen functional groups attached to an aromatic ring is 1. The first-order chi connectivity index (χ1) is 15.9. The molecule has 0 bridgehead atoms. The van der Waals surface area contributed by atoms with Crippen LogP contribution in [0.25, 0.3) is 0 Å². The number of ether oxygens (including phenoxy) is 1. The SMILES string of the molecule is C=O.Nc1cccc(Cl)c1.OC[C@H]1CC(c2cccc(Cl)c2F)C(P)N1CC1CCOCC1. The smallest absolute Gasteiger partial charge is 0.145 e. The Hall–Kier alpha value is -1.27. The maximum Gasteiger partial charge on any atom is 0.145 e. The molecular weight excluding hydrogens is 485 g/mol. The minimum Gasteiger partial charge on any atom is -0.399 e. The number of halogens is 3. The van der Waals surface area contributed by atoms with Crippen molar-refractivity contribution in [3.63, 3.8) is 0 Å². The summed E-state index contributed by atoms with van der Waals surface area (Å²) in [4.78, 5) is 10.3. The Morgan fingerprint density at radius 1 is 1.18 bits per heavy atom. The third-order valence-corrected chi connectivity index (χ3v) is 7.42. The number of nitrogens with two attached hydrogens (primary N) is 1. The first kappa shape index (κ1) is 28.0. The second-order valence-electron chi connectivity index (χ2n) is 8.12. The van der Waals surface area contributed by atoms with Crippen LogP contribution in [0.4, 0.5) is 10.1 Å². The second-order valence-corrected chi connectivity index (χ2v) is 9.65. The Morgan fingerprint density at radius 2 is 1.85 bits per heavy atom. The number of hydrogen-bond donors (Lipinski definition) is 2. The van der Waals surface area contributed by atoms with E-state index in [-0.39, 0.29) is 35.2 Å². The molecule has 33 heavy (non-hydrogen) atoms. The number of carbonyl (C=O) groups is 1. The van der Waals surface area contributed by atoms with E-state index in [1.807, 2.05) is 18.9 Å². The highest BCUT2D eigenvalue weighted by Crippen LogP contribution is 2.43. The first-order valence-corrected chi connectivity index (χ1v) is 12.3. The predicted octanol–water partition coefficient (Wildman–Crippen LogP) is 4.99. The van der Waals surface area contributed by atoms with Crippen molar-refractivity contribution in [2.75, 3.05) is 32.1 Å². The molecule has 2 aromatic carbocycles. The molecule has 0 amide bonds. The average Bonchev–Trinajstić information content (AvgIpc) is 3.13. The van der Waals surface area contributed by atoms with Crippen molar-refractivity contribution >= 4 is 44.9 Å². The molecule has 2 saturated heterocycles. The van der Waals surface area contributed by atoms with Gasteiger partial charge in [-0.15, -0.1) is 9.24 Å². The Balaban J connectivity index is 0.000000323. The van der Waals surface area contributed by atoms with E-state index < -0.39 is 0 Å². The second kappa shape index (κ2) is 14.2. The van der Waals surface area contributed by atoms with Gasteiger partial charge < -0.3 is 20.4 Å². The fraction of sp³-hybridized carbons (Fsp3) is 0.458. The number of likely N-dealkylation sites (tertiary alicyclic amines) is 1. The molecule has 0 spiro atoms. The van der Waals surface area contributed by atoms with Crippen LogP contribution in [0.15, 0.2) is 42.5 Å². The van der Waals surface area contributed by atoms with Gasteiger partial charge in [-0.1, -0.05) is 41.4 Å². The van der Waals surface area contributed by atoms with Crippen molar-refractivity contribution in [1.29, 1.82) is 0 Å². The Morgan fingerprint density at radius 3 is 2.42 bits per heavy atom. The lowest BCUT2D eigenvalue weighted by atomic mass is 9.95. The van der Waals surface area contributed by atoms with Crippen molar-refractivity contribution in [3.8, 4) is 0 Å². The van der Waals surface area contributed by atoms with Gasteiger partial charge in [-0.05, 0) is 55.0 Å². The molecule has 3 N–H and O–H groups in total. The minimum absolute atomic E-state index is 0.0377. The summed E-state index contributed by atoms with van der Waals surface area (Å²) in [5, 5.41) is 10.6. The number of rotatable bonds is 4. The Labute approximate surface area is 207 Å². The van der Waals surface area contributed by atoms with Gasteiger partial charge in [0.1, 0.15) is 12.6 Å². The zero-order valence-corrected chi connectivity index (χ0v) is 21.2. The van der Waals surface area contributed by atoms with E-state index in [2.05, 4.69) is 14.1 Å². The molecule has 0 radical (unpaired) electrons. The van der Waals surface area contributed by atoms with Crippen LogP contribution in [0.3, 0.4) is 0 Å². The minimum atomic E-state index is -0.323. The van der Waals surface area contributed by atoms with Crippen LogP contribution < -0.4 is 5.73 Å². The van der Waals surface area contributed by atoms with E-state index in [9.17, 15) is 9.50 Å². The topological polar surface area (TPSA) is 75.8 Å². The predicted molar refractivity (Wildman–Crippen MR) is 136 cm³/mol. The summed E-state index contributed by atoms with van der Waals surface area (Å²) in [7, 11) is 2.85. The van der Waals surface area contributed by atoms with Crippen LogP contribution in [0.5, 0.6) is 0 Å². The fourth-order valence-electron chi connectivity index (χ4n) is 4.34. The first-order valence-electron chi connectivity index (χ1n) is 10.8. The van der Waals surface area contributed by atoms with Crippen molar-refractivity contribution < 1.29 is 19.0 Å². The van der Waals surface area contributed by atoms with Crippen molar-refractivity contribution in [1.82, 2.24) is 4.90 Å². The van der Waals surface area contributed by atoms with E-state index in [4.69, 9.17) is 38.5 Å². The highest BCUT2D eigenvalue weighted by molar-refractivity contribution is 7.17. The highest BCUT2D eigenvalue weighted by atomic mass is 35.5. The Bertz CT molecular complexity index is 856. The van der Waals surface area contributed by atoms with Gasteiger partial charge in [0.15, 0.2) is 0 Å². The van der Waals surface area contributed by atoms with Gasteiger partial charge in [-0.2, -0.15) is 0 Å². The van der Waals surface area contributed by atoms with Crippen LogP contribution >= 0.6 is 32.4 Å². The van der Waals surface area contributed by atoms with E-state index in [0.29, 0.717) is 22.2 Å². The van der Waals surface area contributed by atoms with E-state index in [1.165, 1.54) is 0 Å². The van der Waals surface area contributed by atoms with E-state index in [1.54, 1.807) is 30.3 Å². The summed E-state index contributed by atoms with van der Waals surface area (Å²) in [6, 6.07) is 12.4. The molecule has 2 aromatic rings. The molecule has 5 nitrogen and oxygen atoms in total. The molecule has 0 aliphatic carbocycles. The summed E-state index contributed by atoms with van der Waals surface area (Å²) < 4.78 is 19.8. The zero-order chi connectivity index (χ0) is 24.4. The molecule has 2 aliphatic heterocycles. The zero-order valence-electron chi connectivity index (χ0n) is 18.5. The summed E-state index contributed by atoms with van der Waals surface area (Å²) in [6.45, 7) is 4.67. The largest absolute Gasteiger partial charge is 0.399 e. The summed E-state index contributed by atoms with van der Waals surface area (Å²) in [6.07, 6.45) is 2.87. The van der Waals surface area contributed by atoms with Gasteiger partial charge >= 0.3 is 0 Å². The third-order valence-electron chi connectivity index (χ3n) is 6.04. The summed E-state index contributed by atoms with van der Waals surface area (Å²) in [5.41, 5.74) is 6.74. The van der Waals surface area contributed by atoms with Crippen LogP contribution in [-0.4, -0.2) is 55.0 Å². The molecule has 4 atom stereocenters. The third kappa shape index (κ3) is 7.88. The van der Waals surface area contributed by atoms with Gasteiger partial charge in [0.25, 0.3) is 0 Å². The lowest BCUT2D eigenvalue weighted by molar-refractivity contribution is -0.0979. The maximum atomic E-state index is 14.4. The molecule has 0 saturated carbocycles. The molecule has 2 aliphatic rings. The number of nitrogens with zero attached hydrogens (tertiary/aromatic N) is 1. The molecule has 2 heterocycles. The highest BCUT2D eigenvalue weighted by Gasteiger charge is 2.41. The van der Waals surface area contributed by atoms with Gasteiger partial charge in [-0.3, -0.25) is 4.90 Å². The molecule has 3 unspecified atom stereocenters. The summed E-state index contributed by atoms with van der Waals surface area (Å²) in [5.74, 6) is 0.415. The standard InChI is InChI=1S/C17H24ClFNO2P.C6H6ClN.CH2O/c18-15-3-1-2-13(16(15)19)14-8-12(10-21)20(17(14)23)9-11-4-6-22-7-5-11;7-5-2-1-3-6(8)4-5;1-2/h1-3,11-12,14,17,21H,4-10,23H2;1-4H,8H2;1H2/t12-,14?,17?;;/m1../s1. The van der Waals surface area contributed by atoms with Crippen LogP contribution in [0, 0.1) is 11.7 Å². The quantitative estimate of drug-likeness (QED) is 0.442. The molecule has 9 heteroatoms. The molecular formula is C24H32Cl2FN2O3P. The number of aliphatic hydroxyl groups excluding tert-OH is 1.